The van der Waals surface area contributed by atoms with Gasteiger partial charge in [-0.05, 0) is 37.0 Å². The van der Waals surface area contributed by atoms with E-state index in [0.29, 0.717) is 18.1 Å². The standard InChI is InChI=1S/C21H28ClN5O3/c1-2-11-25-19(29)16-5-3-4-6-17(16)27-20(25)24-26(21(27)30)13-18(28)23-12-14-7-9-15(22)10-8-14/h7-10,16-17,20,24H,2-6,11-13H2,1H3,(H,23,28). The molecule has 2 N–H and O–H groups in total. The fourth-order valence-electron chi connectivity index (χ4n) is 4.70. The maximum atomic E-state index is 13.2. The zero-order valence-electron chi connectivity index (χ0n) is 17.1. The van der Waals surface area contributed by atoms with Crippen molar-refractivity contribution in [2.75, 3.05) is 13.1 Å². The Labute approximate surface area is 181 Å². The maximum Gasteiger partial charge on any atom is 0.337 e. The van der Waals surface area contributed by atoms with Gasteiger partial charge in [-0.1, -0.05) is 43.5 Å². The van der Waals surface area contributed by atoms with Crippen LogP contribution < -0.4 is 10.7 Å². The van der Waals surface area contributed by atoms with Crippen molar-refractivity contribution in [2.45, 2.75) is 57.9 Å². The van der Waals surface area contributed by atoms with E-state index in [1.807, 2.05) is 19.1 Å². The molecule has 8 nitrogen and oxygen atoms in total. The largest absolute Gasteiger partial charge is 0.350 e. The first-order valence-electron chi connectivity index (χ1n) is 10.7. The van der Waals surface area contributed by atoms with Crippen molar-refractivity contribution in [1.82, 2.24) is 25.6 Å². The van der Waals surface area contributed by atoms with Crippen molar-refractivity contribution in [3.05, 3.63) is 34.9 Å². The number of urea groups is 1. The van der Waals surface area contributed by atoms with Crippen LogP contribution in [0.15, 0.2) is 24.3 Å². The number of rotatable bonds is 6. The lowest BCUT2D eigenvalue weighted by Gasteiger charge is -2.48. The number of nitrogens with zero attached hydrogens (tertiary/aromatic N) is 3. The monoisotopic (exact) mass is 433 g/mol. The number of hydrazine groups is 1. The summed E-state index contributed by atoms with van der Waals surface area (Å²) in [5.74, 6) is -0.276. The van der Waals surface area contributed by atoms with Crippen molar-refractivity contribution in [2.24, 2.45) is 5.92 Å². The highest BCUT2D eigenvalue weighted by atomic mass is 35.5. The molecule has 1 aromatic rings. The van der Waals surface area contributed by atoms with Crippen LogP contribution in [-0.4, -0.2) is 58.1 Å². The molecule has 0 bridgehead atoms. The number of amides is 4. The highest BCUT2D eigenvalue weighted by Gasteiger charge is 2.54. The molecule has 2 saturated heterocycles. The Morgan fingerprint density at radius 3 is 2.67 bits per heavy atom. The summed E-state index contributed by atoms with van der Waals surface area (Å²) >= 11 is 5.88. The molecule has 1 aromatic carbocycles. The van der Waals surface area contributed by atoms with Gasteiger partial charge in [0.25, 0.3) is 0 Å². The molecule has 30 heavy (non-hydrogen) atoms. The first kappa shape index (κ1) is 20.9. The summed E-state index contributed by atoms with van der Waals surface area (Å²) in [6, 6.07) is 6.91. The zero-order valence-corrected chi connectivity index (χ0v) is 17.9. The predicted octanol–water partition coefficient (Wildman–Crippen LogP) is 2.29. The lowest BCUT2D eigenvalue weighted by Crippen LogP contribution is -2.66. The molecule has 1 aliphatic carbocycles. The molecule has 9 heteroatoms. The first-order valence-corrected chi connectivity index (χ1v) is 11.0. The van der Waals surface area contributed by atoms with Gasteiger partial charge >= 0.3 is 6.03 Å². The van der Waals surface area contributed by atoms with E-state index in [9.17, 15) is 14.4 Å². The van der Waals surface area contributed by atoms with E-state index in [4.69, 9.17) is 11.6 Å². The molecule has 4 amide bonds. The lowest BCUT2D eigenvalue weighted by atomic mass is 9.81. The number of hydrogen-bond donors (Lipinski definition) is 2. The Bertz CT molecular complexity index is 817. The van der Waals surface area contributed by atoms with E-state index in [-0.39, 0.29) is 36.3 Å². The molecule has 2 aliphatic heterocycles. The number of nitrogens with one attached hydrogen (secondary N) is 2. The Morgan fingerprint density at radius 1 is 1.20 bits per heavy atom. The van der Waals surface area contributed by atoms with Gasteiger partial charge in [-0.15, -0.1) is 0 Å². The highest BCUT2D eigenvalue weighted by molar-refractivity contribution is 6.30. The van der Waals surface area contributed by atoms with Crippen LogP contribution in [0.1, 0.15) is 44.6 Å². The summed E-state index contributed by atoms with van der Waals surface area (Å²) in [4.78, 5) is 42.2. The molecule has 4 rings (SSSR count). The summed E-state index contributed by atoms with van der Waals surface area (Å²) in [5.41, 5.74) is 4.04. The third kappa shape index (κ3) is 3.98. The fourth-order valence-corrected chi connectivity index (χ4v) is 4.82. The Hall–Kier alpha value is -2.32. The third-order valence-electron chi connectivity index (χ3n) is 6.14. The zero-order chi connectivity index (χ0) is 21.3. The van der Waals surface area contributed by atoms with Gasteiger partial charge < -0.3 is 10.2 Å². The minimum atomic E-state index is -0.506. The van der Waals surface area contributed by atoms with Crippen LogP contribution in [-0.2, 0) is 16.1 Å². The molecule has 0 radical (unpaired) electrons. The van der Waals surface area contributed by atoms with Gasteiger partial charge in [0.05, 0.1) is 5.92 Å². The summed E-state index contributed by atoms with van der Waals surface area (Å²) in [5, 5.41) is 4.82. The Balaban J connectivity index is 1.43. The Kier molecular flexibility index (Phi) is 6.15. The van der Waals surface area contributed by atoms with Crippen LogP contribution in [0.2, 0.25) is 5.02 Å². The molecular weight excluding hydrogens is 406 g/mol. The van der Waals surface area contributed by atoms with E-state index >= 15 is 0 Å². The number of carbonyl (C=O) groups excluding carboxylic acids is 3. The van der Waals surface area contributed by atoms with E-state index in [1.165, 1.54) is 5.01 Å². The summed E-state index contributed by atoms with van der Waals surface area (Å²) in [6.45, 7) is 2.85. The van der Waals surface area contributed by atoms with Crippen molar-refractivity contribution < 1.29 is 14.4 Å². The van der Waals surface area contributed by atoms with Crippen LogP contribution in [0, 0.1) is 5.92 Å². The highest BCUT2D eigenvalue weighted by Crippen LogP contribution is 2.38. The molecule has 1 saturated carbocycles. The number of carbonyl (C=O) groups is 3. The normalized spacial score (nSPS) is 25.9. The molecule has 2 heterocycles. The SMILES string of the molecule is CCCN1C(=O)C2CCCCC2N2C(=O)N(CC(=O)NCc3ccc(Cl)cc3)NC12. The minimum Gasteiger partial charge on any atom is -0.350 e. The second-order valence-electron chi connectivity index (χ2n) is 8.17. The van der Waals surface area contributed by atoms with Crippen LogP contribution in [0.5, 0.6) is 0 Å². The van der Waals surface area contributed by atoms with Crippen LogP contribution >= 0.6 is 11.6 Å². The van der Waals surface area contributed by atoms with Crippen molar-refractivity contribution in [3.63, 3.8) is 0 Å². The van der Waals surface area contributed by atoms with E-state index in [1.54, 1.807) is 21.9 Å². The molecule has 3 aliphatic rings. The van der Waals surface area contributed by atoms with E-state index in [2.05, 4.69) is 10.7 Å². The number of hydrogen-bond acceptors (Lipinski definition) is 4. The molecule has 3 unspecified atom stereocenters. The topological polar surface area (TPSA) is 85.0 Å². The molecular formula is C21H28ClN5O3. The molecule has 162 valence electrons. The van der Waals surface area contributed by atoms with E-state index in [0.717, 1.165) is 37.7 Å². The third-order valence-corrected chi connectivity index (χ3v) is 6.39. The van der Waals surface area contributed by atoms with E-state index < -0.39 is 6.29 Å². The molecule has 3 fully saturated rings. The smallest absolute Gasteiger partial charge is 0.337 e. The average molecular weight is 434 g/mol. The molecule has 0 spiro atoms. The quantitative estimate of drug-likeness (QED) is 0.720. The van der Waals surface area contributed by atoms with Gasteiger partial charge in [-0.25, -0.2) is 9.80 Å². The lowest BCUT2D eigenvalue weighted by molar-refractivity contribution is -0.156. The minimum absolute atomic E-state index is 0.0912. The van der Waals surface area contributed by atoms with Gasteiger partial charge in [0.1, 0.15) is 6.54 Å². The van der Waals surface area contributed by atoms with Crippen LogP contribution in [0.3, 0.4) is 0 Å². The summed E-state index contributed by atoms with van der Waals surface area (Å²) < 4.78 is 0. The van der Waals surface area contributed by atoms with Crippen molar-refractivity contribution >= 4 is 29.4 Å². The number of fused-ring (bicyclic) bond motifs is 3. The van der Waals surface area contributed by atoms with Gasteiger partial charge in [-0.2, -0.15) is 5.43 Å². The maximum absolute atomic E-state index is 13.2. The molecule has 3 atom stereocenters. The first-order chi connectivity index (χ1) is 14.5. The van der Waals surface area contributed by atoms with Gasteiger partial charge in [0, 0.05) is 24.2 Å². The molecule has 0 aromatic heterocycles. The van der Waals surface area contributed by atoms with Gasteiger partial charge in [-0.3, -0.25) is 14.5 Å². The second-order valence-corrected chi connectivity index (χ2v) is 8.61. The van der Waals surface area contributed by atoms with Crippen molar-refractivity contribution in [3.8, 4) is 0 Å². The van der Waals surface area contributed by atoms with Gasteiger partial charge in [0.2, 0.25) is 11.8 Å². The number of halogens is 1. The Morgan fingerprint density at radius 2 is 1.93 bits per heavy atom. The van der Waals surface area contributed by atoms with Gasteiger partial charge in [0.15, 0.2) is 6.29 Å². The predicted molar refractivity (Wildman–Crippen MR) is 112 cm³/mol. The average Bonchev–Trinajstić information content (AvgIpc) is 3.06. The number of benzene rings is 1. The summed E-state index contributed by atoms with van der Waals surface area (Å²) in [6.07, 6.45) is 3.99. The fraction of sp³-hybridized carbons (Fsp3) is 0.571. The van der Waals surface area contributed by atoms with Crippen molar-refractivity contribution in [1.29, 1.82) is 0 Å². The second kappa shape index (κ2) is 8.81. The summed E-state index contributed by atoms with van der Waals surface area (Å²) in [7, 11) is 0. The van der Waals surface area contributed by atoms with Crippen LogP contribution in [0.4, 0.5) is 4.79 Å². The van der Waals surface area contributed by atoms with Crippen LogP contribution in [0.25, 0.3) is 0 Å².